The summed E-state index contributed by atoms with van der Waals surface area (Å²) in [5.41, 5.74) is 1.34. The third kappa shape index (κ3) is 4.09. The summed E-state index contributed by atoms with van der Waals surface area (Å²) in [7, 11) is 0. The number of aromatic hydroxyl groups is 1. The predicted octanol–water partition coefficient (Wildman–Crippen LogP) is 3.33. The molecule has 6 nitrogen and oxygen atoms in total. The van der Waals surface area contributed by atoms with E-state index in [9.17, 15) is 14.3 Å². The van der Waals surface area contributed by atoms with Crippen LogP contribution in [0.2, 0.25) is 0 Å². The number of rotatable bonds is 7. The Morgan fingerprint density at radius 3 is 2.46 bits per heavy atom. The Morgan fingerprint density at radius 1 is 1.11 bits per heavy atom. The Morgan fingerprint density at radius 2 is 1.79 bits per heavy atom. The number of azo groups is 1. The van der Waals surface area contributed by atoms with E-state index in [0.717, 1.165) is 30.5 Å². The molecule has 1 aromatic heterocycles. The molecule has 0 bridgehead atoms. The molecule has 0 aliphatic carbocycles. The van der Waals surface area contributed by atoms with Crippen LogP contribution in [0.4, 0.5) is 10.1 Å². The van der Waals surface area contributed by atoms with Crippen molar-refractivity contribution in [3.05, 3.63) is 59.9 Å². The van der Waals surface area contributed by atoms with Crippen LogP contribution < -0.4 is 4.90 Å². The fourth-order valence-corrected chi connectivity index (χ4v) is 3.22. The summed E-state index contributed by atoms with van der Waals surface area (Å²) in [5.74, 6) is -1.03. The molecule has 2 N–H and O–H groups in total. The molecule has 0 aliphatic rings. The van der Waals surface area contributed by atoms with E-state index < -0.39 is 11.7 Å². The second kappa shape index (κ2) is 8.75. The lowest BCUT2D eigenvalue weighted by molar-refractivity contribution is -0.897. The summed E-state index contributed by atoms with van der Waals surface area (Å²) in [6, 6.07) is 12.6. The summed E-state index contributed by atoms with van der Waals surface area (Å²) in [6.07, 6.45) is 0. The number of likely N-dealkylation sites (N-methyl/N-ethyl adjacent to an activating group) is 1. The molecule has 0 aliphatic heterocycles. The van der Waals surface area contributed by atoms with Crippen LogP contribution in [0.1, 0.15) is 24.2 Å². The molecular formula is C21H24FN4O2+. The maximum Gasteiger partial charge on any atom is 0.295 e. The number of nitrogens with one attached hydrogen (secondary N) is 1. The van der Waals surface area contributed by atoms with Gasteiger partial charge in [-0.2, -0.15) is 0 Å². The molecule has 0 radical (unpaired) electrons. The lowest BCUT2D eigenvalue weighted by atomic mass is 10.2. The molecule has 0 unspecified atom stereocenters. The minimum atomic E-state index is -0.594. The van der Waals surface area contributed by atoms with Crippen LogP contribution in [-0.4, -0.2) is 35.2 Å². The fraction of sp³-hybridized carbons (Fsp3) is 0.286. The number of carbonyl (C=O) groups is 1. The smallest absolute Gasteiger partial charge is 0.295 e. The minimum Gasteiger partial charge on any atom is -0.493 e. The van der Waals surface area contributed by atoms with E-state index in [1.165, 1.54) is 29.2 Å². The zero-order chi connectivity index (χ0) is 20.1. The van der Waals surface area contributed by atoms with Crippen molar-refractivity contribution in [1.82, 2.24) is 4.57 Å². The zero-order valence-corrected chi connectivity index (χ0v) is 16.0. The molecule has 1 amide bonds. The normalized spacial score (nSPS) is 11.7. The minimum absolute atomic E-state index is 0.0107. The number of carbonyl (C=O) groups excluding carboxylic acids is 1. The van der Waals surface area contributed by atoms with Crippen LogP contribution in [0.25, 0.3) is 10.9 Å². The number of fused-ring (bicyclic) bond motifs is 1. The zero-order valence-electron chi connectivity index (χ0n) is 16.0. The van der Waals surface area contributed by atoms with Crippen molar-refractivity contribution in [3.8, 4) is 5.88 Å². The van der Waals surface area contributed by atoms with Gasteiger partial charge in [0, 0.05) is 10.9 Å². The highest BCUT2D eigenvalue weighted by atomic mass is 19.1. The summed E-state index contributed by atoms with van der Waals surface area (Å²) in [4.78, 5) is 13.6. The van der Waals surface area contributed by atoms with Gasteiger partial charge in [0.15, 0.2) is 5.69 Å². The largest absolute Gasteiger partial charge is 0.493 e. The number of halogens is 1. The Bertz CT molecular complexity index is 992. The number of aromatic nitrogens is 1. The van der Waals surface area contributed by atoms with E-state index >= 15 is 0 Å². The van der Waals surface area contributed by atoms with Crippen LogP contribution in [-0.2, 0) is 6.54 Å². The van der Waals surface area contributed by atoms with Crippen molar-refractivity contribution in [2.24, 2.45) is 10.2 Å². The van der Waals surface area contributed by atoms with Gasteiger partial charge in [-0.3, -0.25) is 4.79 Å². The van der Waals surface area contributed by atoms with Gasteiger partial charge in [0.1, 0.15) is 5.82 Å². The Balaban J connectivity index is 1.91. The molecule has 146 valence electrons. The van der Waals surface area contributed by atoms with Gasteiger partial charge in [-0.05, 0) is 44.2 Å². The first-order valence-corrected chi connectivity index (χ1v) is 9.40. The van der Waals surface area contributed by atoms with E-state index in [1.807, 2.05) is 24.3 Å². The van der Waals surface area contributed by atoms with Crippen molar-refractivity contribution in [2.45, 2.75) is 20.4 Å². The van der Waals surface area contributed by atoms with E-state index in [4.69, 9.17) is 0 Å². The second-order valence-electron chi connectivity index (χ2n) is 6.56. The van der Waals surface area contributed by atoms with Crippen LogP contribution >= 0.6 is 0 Å². The van der Waals surface area contributed by atoms with Gasteiger partial charge < -0.3 is 14.6 Å². The van der Waals surface area contributed by atoms with Gasteiger partial charge in [-0.25, -0.2) is 4.39 Å². The van der Waals surface area contributed by atoms with Crippen LogP contribution in [0.15, 0.2) is 58.8 Å². The summed E-state index contributed by atoms with van der Waals surface area (Å²) in [5, 5.41) is 19.2. The summed E-state index contributed by atoms with van der Waals surface area (Å²) < 4.78 is 14.8. The predicted molar refractivity (Wildman–Crippen MR) is 106 cm³/mol. The first-order chi connectivity index (χ1) is 13.5. The van der Waals surface area contributed by atoms with Gasteiger partial charge in [0.05, 0.1) is 31.7 Å². The molecular weight excluding hydrogens is 359 g/mol. The van der Waals surface area contributed by atoms with E-state index in [-0.39, 0.29) is 17.1 Å². The molecule has 0 saturated heterocycles. The van der Waals surface area contributed by atoms with Gasteiger partial charge in [0.2, 0.25) is 5.88 Å². The molecule has 1 heterocycles. The molecule has 0 atom stereocenters. The lowest BCUT2D eigenvalue weighted by Gasteiger charge is -2.16. The number of hydrogen-bond acceptors (Lipinski definition) is 3. The standard InChI is InChI=1S/C21H23FN4O2/c1-3-25(4-2)13-14-26-18-8-6-5-7-17(18)19(21(26)28)23-24-20(27)15-9-11-16(22)12-10-15/h5-12,28H,3-4,13-14H2,1-2H3/p+1. The van der Waals surface area contributed by atoms with Crippen molar-refractivity contribution in [3.63, 3.8) is 0 Å². The molecule has 7 heteroatoms. The highest BCUT2D eigenvalue weighted by Crippen LogP contribution is 2.38. The lowest BCUT2D eigenvalue weighted by Crippen LogP contribution is -3.11. The van der Waals surface area contributed by atoms with Gasteiger partial charge >= 0.3 is 0 Å². The molecule has 0 saturated carbocycles. The third-order valence-corrected chi connectivity index (χ3v) is 4.94. The molecule has 28 heavy (non-hydrogen) atoms. The topological polar surface area (TPSA) is 71.4 Å². The number of amides is 1. The average Bonchev–Trinajstić information content (AvgIpc) is 2.98. The quantitative estimate of drug-likeness (QED) is 0.615. The highest BCUT2D eigenvalue weighted by molar-refractivity contribution is 5.97. The third-order valence-electron chi connectivity index (χ3n) is 4.94. The second-order valence-corrected chi connectivity index (χ2v) is 6.56. The number of benzene rings is 2. The van der Waals surface area contributed by atoms with Crippen LogP contribution in [0, 0.1) is 5.82 Å². The highest BCUT2D eigenvalue weighted by Gasteiger charge is 2.18. The van der Waals surface area contributed by atoms with Gasteiger partial charge in [-0.1, -0.05) is 18.2 Å². The van der Waals surface area contributed by atoms with E-state index in [1.54, 1.807) is 4.57 Å². The fourth-order valence-electron chi connectivity index (χ4n) is 3.22. The monoisotopic (exact) mass is 383 g/mol. The number of quaternary nitrogens is 1. The first kappa shape index (κ1) is 19.7. The van der Waals surface area contributed by atoms with Crippen molar-refractivity contribution < 1.29 is 19.2 Å². The van der Waals surface area contributed by atoms with Crippen molar-refractivity contribution in [1.29, 1.82) is 0 Å². The number of para-hydroxylation sites is 1. The van der Waals surface area contributed by atoms with Crippen molar-refractivity contribution >= 4 is 22.5 Å². The van der Waals surface area contributed by atoms with Crippen LogP contribution in [0.5, 0.6) is 5.88 Å². The number of hydrogen-bond donors (Lipinski definition) is 2. The maximum atomic E-state index is 13.0. The SMILES string of the molecule is CC[NH+](CC)CCn1c(O)c(N=NC(=O)c2ccc(F)cc2)c2ccccc21. The average molecular weight is 383 g/mol. The van der Waals surface area contributed by atoms with Gasteiger partial charge in [0.25, 0.3) is 5.91 Å². The molecule has 3 rings (SSSR count). The first-order valence-electron chi connectivity index (χ1n) is 9.40. The van der Waals surface area contributed by atoms with E-state index in [2.05, 4.69) is 24.1 Å². The molecule has 0 fully saturated rings. The molecule has 0 spiro atoms. The summed E-state index contributed by atoms with van der Waals surface area (Å²) in [6.45, 7) is 7.78. The van der Waals surface area contributed by atoms with Gasteiger partial charge in [-0.15, -0.1) is 10.2 Å². The van der Waals surface area contributed by atoms with Crippen molar-refractivity contribution in [2.75, 3.05) is 19.6 Å². The Kier molecular flexibility index (Phi) is 6.16. The maximum absolute atomic E-state index is 13.0. The molecule has 2 aromatic carbocycles. The molecule has 3 aromatic rings. The Labute approximate surface area is 162 Å². The van der Waals surface area contributed by atoms with Crippen LogP contribution in [0.3, 0.4) is 0 Å². The Hall–Kier alpha value is -3.06. The summed E-state index contributed by atoms with van der Waals surface area (Å²) >= 11 is 0. The van der Waals surface area contributed by atoms with E-state index in [0.29, 0.717) is 6.54 Å². The number of nitrogens with zero attached hydrogens (tertiary/aromatic N) is 3.